The zero-order valence-electron chi connectivity index (χ0n) is 13.9. The lowest BCUT2D eigenvalue weighted by atomic mass is 9.84. The van der Waals surface area contributed by atoms with Crippen LogP contribution in [0.4, 0.5) is 0 Å². The number of ether oxygens (including phenoxy) is 3. The van der Waals surface area contributed by atoms with E-state index in [9.17, 15) is 0 Å². The Hall–Kier alpha value is -0.120. The quantitative estimate of drug-likeness (QED) is 0.667. The molecular weight excluding hydrogens is 276 g/mol. The van der Waals surface area contributed by atoms with Crippen LogP contribution in [0.15, 0.2) is 0 Å². The van der Waals surface area contributed by atoms with Gasteiger partial charge in [0, 0.05) is 0 Å². The van der Waals surface area contributed by atoms with Gasteiger partial charge in [-0.2, -0.15) is 0 Å². The fourth-order valence-corrected chi connectivity index (χ4v) is 2.54. The van der Waals surface area contributed by atoms with Crippen LogP contribution < -0.4 is 0 Å². The molecule has 4 rings (SSSR count). The molecule has 6 unspecified atom stereocenters. The van der Waals surface area contributed by atoms with E-state index in [4.69, 9.17) is 14.2 Å². The maximum atomic E-state index is 5.50. The van der Waals surface area contributed by atoms with Crippen molar-refractivity contribution in [2.75, 3.05) is 13.2 Å². The van der Waals surface area contributed by atoms with Crippen LogP contribution in [0.5, 0.6) is 0 Å². The fraction of sp³-hybridized carbons (Fsp3) is 1.00. The average molecular weight is 317 g/mol. The third-order valence-electron chi connectivity index (χ3n) is 5.00. The van der Waals surface area contributed by atoms with E-state index in [0.29, 0.717) is 23.9 Å². The van der Waals surface area contributed by atoms with Crippen molar-refractivity contribution in [2.24, 2.45) is 11.8 Å². The van der Waals surface area contributed by atoms with E-state index in [2.05, 4.69) is 34.6 Å². The van der Waals surface area contributed by atoms with Crippen LogP contribution in [0.2, 0.25) is 0 Å². The van der Waals surface area contributed by atoms with E-state index in [1.54, 1.807) is 0 Å². The lowest BCUT2D eigenvalue weighted by Gasteiger charge is -2.17. The first-order valence-electron chi connectivity index (χ1n) is 8.40. The Bertz CT molecular complexity index is 283. The molecule has 3 aliphatic heterocycles. The van der Waals surface area contributed by atoms with Gasteiger partial charge in [0.05, 0.1) is 37.1 Å². The van der Waals surface area contributed by atoms with E-state index in [1.165, 1.54) is 19.3 Å². The maximum Gasteiger partial charge on any atom is 0.0886 e. The van der Waals surface area contributed by atoms with Crippen molar-refractivity contribution in [3.63, 3.8) is 0 Å². The minimum Gasteiger partial charge on any atom is -0.373 e. The van der Waals surface area contributed by atoms with Crippen molar-refractivity contribution >= 4 is 0 Å². The third-order valence-corrected chi connectivity index (χ3v) is 5.00. The molecule has 3 saturated heterocycles. The Morgan fingerprint density at radius 1 is 1.00 bits per heavy atom. The summed E-state index contributed by atoms with van der Waals surface area (Å²) in [5, 5.41) is 0. The molecule has 0 aromatic heterocycles. The standard InChI is InChI=1S/C8H14O.C5H10O.C4H8O.2CH4/c1-5-3-4-6(2)8-7(5)9-8;1-3-5(2)4-6-5;1-2-4-3-5-4;;/h5-8H,3-4H2,1-2H3;3-4H2,1-2H3;4H,2-3H2,1H3;2*1H4. The highest BCUT2D eigenvalue weighted by Crippen LogP contribution is 2.43. The van der Waals surface area contributed by atoms with Gasteiger partial charge in [0.25, 0.3) is 0 Å². The fourth-order valence-electron chi connectivity index (χ4n) is 2.54. The van der Waals surface area contributed by atoms with Gasteiger partial charge >= 0.3 is 0 Å². The summed E-state index contributed by atoms with van der Waals surface area (Å²) in [5.74, 6) is 1.68. The Balaban J connectivity index is 0.000000302. The highest BCUT2D eigenvalue weighted by molar-refractivity contribution is 4.96. The zero-order chi connectivity index (χ0) is 14.8. The second-order valence-corrected chi connectivity index (χ2v) is 7.05. The van der Waals surface area contributed by atoms with Crippen LogP contribution in [0.3, 0.4) is 0 Å². The Kier molecular flexibility index (Phi) is 9.19. The molecular formula is C19H40O3. The number of hydrogen-bond acceptors (Lipinski definition) is 3. The summed E-state index contributed by atoms with van der Waals surface area (Å²) in [7, 11) is 0. The van der Waals surface area contributed by atoms with Gasteiger partial charge in [-0.1, -0.05) is 42.5 Å². The molecule has 1 aliphatic carbocycles. The van der Waals surface area contributed by atoms with Gasteiger partial charge in [0.1, 0.15) is 0 Å². The summed E-state index contributed by atoms with van der Waals surface area (Å²) in [4.78, 5) is 0. The minimum atomic E-state index is 0. The van der Waals surface area contributed by atoms with Gasteiger partial charge in [-0.3, -0.25) is 0 Å². The van der Waals surface area contributed by atoms with Crippen LogP contribution in [0.1, 0.15) is 75.2 Å². The summed E-state index contributed by atoms with van der Waals surface area (Å²) in [6, 6.07) is 0. The SMILES string of the molecule is C.C.CC1CCC(C)C2OC12.CCC1(C)CO1.CCC1CO1. The van der Waals surface area contributed by atoms with Crippen LogP contribution in [0.25, 0.3) is 0 Å². The molecule has 4 fully saturated rings. The van der Waals surface area contributed by atoms with Crippen molar-refractivity contribution in [2.45, 2.75) is 99.1 Å². The molecule has 0 bridgehead atoms. The highest BCUT2D eigenvalue weighted by atomic mass is 16.6. The number of epoxide rings is 3. The highest BCUT2D eigenvalue weighted by Gasteiger charge is 2.48. The lowest BCUT2D eigenvalue weighted by molar-refractivity contribution is 0.317. The topological polar surface area (TPSA) is 37.6 Å². The average Bonchev–Trinajstić information content (AvgIpc) is 3.27. The smallest absolute Gasteiger partial charge is 0.0886 e. The largest absolute Gasteiger partial charge is 0.373 e. The third kappa shape index (κ3) is 6.97. The van der Waals surface area contributed by atoms with E-state index in [1.807, 2.05) is 0 Å². The zero-order valence-corrected chi connectivity index (χ0v) is 13.9. The van der Waals surface area contributed by atoms with E-state index in [-0.39, 0.29) is 14.9 Å². The first kappa shape index (κ1) is 21.9. The van der Waals surface area contributed by atoms with E-state index < -0.39 is 0 Å². The van der Waals surface area contributed by atoms with Gasteiger partial charge in [0.2, 0.25) is 0 Å². The van der Waals surface area contributed by atoms with Gasteiger partial charge in [-0.25, -0.2) is 0 Å². The molecule has 1 saturated carbocycles. The predicted molar refractivity (Wildman–Crippen MR) is 94.4 cm³/mol. The van der Waals surface area contributed by atoms with Gasteiger partial charge in [-0.15, -0.1) is 0 Å². The van der Waals surface area contributed by atoms with Crippen molar-refractivity contribution < 1.29 is 14.2 Å². The minimum absolute atomic E-state index is 0. The molecule has 0 N–H and O–H groups in total. The molecule has 0 spiro atoms. The molecule has 3 heterocycles. The summed E-state index contributed by atoms with van der Waals surface area (Å²) < 4.78 is 15.4. The van der Waals surface area contributed by atoms with Crippen molar-refractivity contribution in [3.05, 3.63) is 0 Å². The Morgan fingerprint density at radius 3 is 1.64 bits per heavy atom. The second-order valence-electron chi connectivity index (χ2n) is 7.05. The normalized spacial score (nSPS) is 42.7. The van der Waals surface area contributed by atoms with Gasteiger partial charge < -0.3 is 14.2 Å². The number of rotatable bonds is 2. The second kappa shape index (κ2) is 9.24. The van der Waals surface area contributed by atoms with Crippen molar-refractivity contribution in [1.29, 1.82) is 0 Å². The molecule has 0 radical (unpaired) electrons. The van der Waals surface area contributed by atoms with Gasteiger partial charge in [0.15, 0.2) is 0 Å². The molecule has 134 valence electrons. The monoisotopic (exact) mass is 316 g/mol. The molecule has 22 heavy (non-hydrogen) atoms. The Morgan fingerprint density at radius 2 is 1.45 bits per heavy atom. The molecule has 0 amide bonds. The molecule has 0 aromatic rings. The molecule has 4 aliphatic rings. The van der Waals surface area contributed by atoms with Crippen molar-refractivity contribution in [1.82, 2.24) is 0 Å². The molecule has 3 nitrogen and oxygen atoms in total. The van der Waals surface area contributed by atoms with Crippen LogP contribution in [-0.4, -0.2) is 37.1 Å². The van der Waals surface area contributed by atoms with E-state index in [0.717, 1.165) is 31.5 Å². The number of fused-ring (bicyclic) bond motifs is 1. The number of hydrogen-bond donors (Lipinski definition) is 0. The summed E-state index contributed by atoms with van der Waals surface area (Å²) >= 11 is 0. The molecule has 0 aromatic carbocycles. The summed E-state index contributed by atoms with van der Waals surface area (Å²) in [6.45, 7) is 13.0. The van der Waals surface area contributed by atoms with Crippen LogP contribution >= 0.6 is 0 Å². The van der Waals surface area contributed by atoms with Gasteiger partial charge in [-0.05, 0) is 44.4 Å². The Labute approximate surface area is 139 Å². The van der Waals surface area contributed by atoms with Crippen LogP contribution in [0, 0.1) is 11.8 Å². The maximum absolute atomic E-state index is 5.50. The van der Waals surface area contributed by atoms with E-state index >= 15 is 0 Å². The summed E-state index contributed by atoms with van der Waals surface area (Å²) in [6.07, 6.45) is 7.04. The van der Waals surface area contributed by atoms with Crippen molar-refractivity contribution in [3.8, 4) is 0 Å². The molecule has 3 heteroatoms. The predicted octanol–water partition coefficient (Wildman–Crippen LogP) is 5.07. The lowest BCUT2D eigenvalue weighted by Crippen LogP contribution is -2.19. The first-order valence-corrected chi connectivity index (χ1v) is 8.40. The summed E-state index contributed by atoms with van der Waals surface area (Å²) in [5.41, 5.74) is 0.292. The van der Waals surface area contributed by atoms with Crippen LogP contribution in [-0.2, 0) is 14.2 Å². The molecule has 6 atom stereocenters. The first-order chi connectivity index (χ1) is 9.49.